The first kappa shape index (κ1) is 20.2. The van der Waals surface area contributed by atoms with Crippen LogP contribution in [0.4, 0.5) is 5.69 Å². The molecule has 1 aliphatic heterocycles. The van der Waals surface area contributed by atoms with Crippen LogP contribution in [0, 0.1) is 0 Å². The van der Waals surface area contributed by atoms with Crippen molar-refractivity contribution in [3.05, 3.63) is 59.1 Å². The number of nitrogens with zero attached hydrogens (tertiary/aromatic N) is 1. The van der Waals surface area contributed by atoms with Gasteiger partial charge in [0.05, 0.1) is 11.4 Å². The van der Waals surface area contributed by atoms with E-state index in [1.807, 2.05) is 0 Å². The zero-order valence-corrected chi connectivity index (χ0v) is 16.6. The topological polar surface area (TPSA) is 95.6 Å². The van der Waals surface area contributed by atoms with Crippen LogP contribution in [-0.2, 0) is 14.8 Å². The van der Waals surface area contributed by atoms with Gasteiger partial charge in [-0.15, -0.1) is 0 Å². The maximum atomic E-state index is 12.4. The number of carbonyl (C=O) groups excluding carboxylic acids is 2. The van der Waals surface area contributed by atoms with E-state index in [0.717, 1.165) is 25.9 Å². The second-order valence-corrected chi connectivity index (χ2v) is 8.53. The normalized spacial score (nSPS) is 14.0. The molecule has 1 fully saturated rings. The molecule has 148 valence electrons. The molecule has 0 aromatic heterocycles. The van der Waals surface area contributed by atoms with Crippen LogP contribution in [0.5, 0.6) is 0 Å². The summed E-state index contributed by atoms with van der Waals surface area (Å²) >= 11 is 5.79. The lowest BCUT2D eigenvalue weighted by atomic mass is 10.2. The van der Waals surface area contributed by atoms with E-state index >= 15 is 0 Å². The largest absolute Gasteiger partial charge is 0.343 e. The van der Waals surface area contributed by atoms with Crippen LogP contribution in [0.2, 0.25) is 5.02 Å². The molecule has 2 aromatic carbocycles. The number of nitrogens with one attached hydrogen (secondary N) is 2. The Bertz CT molecular complexity index is 954. The smallest absolute Gasteiger partial charge is 0.261 e. The van der Waals surface area contributed by atoms with Crippen LogP contribution in [-0.4, -0.2) is 44.8 Å². The molecular weight excluding hydrogens is 402 g/mol. The van der Waals surface area contributed by atoms with Gasteiger partial charge in [0.15, 0.2) is 0 Å². The molecule has 0 saturated carbocycles. The summed E-state index contributed by atoms with van der Waals surface area (Å²) in [5.74, 6) is -0.542. The van der Waals surface area contributed by atoms with Gasteiger partial charge in [-0.05, 0) is 61.4 Å². The fourth-order valence-corrected chi connectivity index (χ4v) is 4.04. The van der Waals surface area contributed by atoms with Gasteiger partial charge < -0.3 is 10.2 Å². The molecule has 9 heteroatoms. The Kier molecular flexibility index (Phi) is 6.21. The molecule has 0 atom stereocenters. The molecule has 2 N–H and O–H groups in total. The van der Waals surface area contributed by atoms with Gasteiger partial charge in [-0.1, -0.05) is 11.6 Å². The summed E-state index contributed by atoms with van der Waals surface area (Å²) in [6, 6.07) is 11.8. The van der Waals surface area contributed by atoms with Crippen molar-refractivity contribution in [3.8, 4) is 0 Å². The van der Waals surface area contributed by atoms with Crippen LogP contribution < -0.4 is 10.0 Å². The van der Waals surface area contributed by atoms with Gasteiger partial charge in [0.1, 0.15) is 0 Å². The van der Waals surface area contributed by atoms with Crippen molar-refractivity contribution in [2.75, 3.05) is 24.4 Å². The average Bonchev–Trinajstić information content (AvgIpc) is 3.22. The third-order valence-corrected chi connectivity index (χ3v) is 6.03. The number of hydrogen-bond acceptors (Lipinski definition) is 4. The molecular formula is C19H20ClN3O4S. The van der Waals surface area contributed by atoms with Crippen LogP contribution in [0.25, 0.3) is 0 Å². The van der Waals surface area contributed by atoms with Crippen molar-refractivity contribution in [1.29, 1.82) is 0 Å². The van der Waals surface area contributed by atoms with Gasteiger partial charge in [0.2, 0.25) is 5.91 Å². The Hall–Kier alpha value is -2.58. The van der Waals surface area contributed by atoms with E-state index in [2.05, 4.69) is 10.0 Å². The number of likely N-dealkylation sites (tertiary alicyclic amines) is 1. The first-order valence-electron chi connectivity index (χ1n) is 8.79. The molecule has 28 heavy (non-hydrogen) atoms. The molecule has 1 saturated heterocycles. The lowest BCUT2D eigenvalue weighted by molar-refractivity contribution is -0.129. The van der Waals surface area contributed by atoms with Crippen molar-refractivity contribution in [3.63, 3.8) is 0 Å². The minimum Gasteiger partial charge on any atom is -0.343 e. The fraction of sp³-hybridized carbons (Fsp3) is 0.263. The second kappa shape index (κ2) is 8.62. The Morgan fingerprint density at radius 2 is 1.57 bits per heavy atom. The van der Waals surface area contributed by atoms with E-state index in [-0.39, 0.29) is 22.9 Å². The summed E-state index contributed by atoms with van der Waals surface area (Å²) in [5.41, 5.74) is 0.659. The Labute approximate surface area is 168 Å². The summed E-state index contributed by atoms with van der Waals surface area (Å²) in [6.45, 7) is 1.38. The number of hydrogen-bond donors (Lipinski definition) is 2. The highest BCUT2D eigenvalue weighted by Gasteiger charge is 2.19. The summed E-state index contributed by atoms with van der Waals surface area (Å²) < 4.78 is 27.3. The Balaban J connectivity index is 1.60. The highest BCUT2D eigenvalue weighted by atomic mass is 35.5. The van der Waals surface area contributed by atoms with E-state index in [0.29, 0.717) is 10.7 Å². The SMILES string of the molecule is O=C(NCC(=O)N1CCCC1)c1ccc(S(=O)(=O)Nc2ccc(Cl)cc2)cc1. The van der Waals surface area contributed by atoms with Gasteiger partial charge >= 0.3 is 0 Å². The van der Waals surface area contributed by atoms with Crippen molar-refractivity contribution >= 4 is 39.1 Å². The van der Waals surface area contributed by atoms with Gasteiger partial charge in [0.25, 0.3) is 15.9 Å². The number of carbonyl (C=O) groups is 2. The standard InChI is InChI=1S/C19H20ClN3O4S/c20-15-5-7-16(8-6-15)22-28(26,27)17-9-3-14(4-10-17)19(25)21-13-18(24)23-11-1-2-12-23/h3-10,22H,1-2,11-13H2,(H,21,25). The summed E-state index contributed by atoms with van der Waals surface area (Å²) in [6.07, 6.45) is 1.97. The highest BCUT2D eigenvalue weighted by Crippen LogP contribution is 2.19. The van der Waals surface area contributed by atoms with Crippen LogP contribution >= 0.6 is 11.6 Å². The summed E-state index contributed by atoms with van der Waals surface area (Å²) in [5, 5.41) is 3.07. The predicted octanol–water partition coefficient (Wildman–Crippen LogP) is 2.49. The Morgan fingerprint density at radius 3 is 2.18 bits per heavy atom. The lowest BCUT2D eigenvalue weighted by Gasteiger charge is -2.15. The molecule has 0 bridgehead atoms. The van der Waals surface area contributed by atoms with Gasteiger partial charge in [-0.2, -0.15) is 0 Å². The number of benzene rings is 2. The van der Waals surface area contributed by atoms with E-state index in [1.54, 1.807) is 29.2 Å². The molecule has 0 aliphatic carbocycles. The van der Waals surface area contributed by atoms with Crippen LogP contribution in [0.15, 0.2) is 53.4 Å². The fourth-order valence-electron chi connectivity index (χ4n) is 2.85. The first-order chi connectivity index (χ1) is 13.3. The van der Waals surface area contributed by atoms with Gasteiger partial charge in [-0.3, -0.25) is 14.3 Å². The maximum Gasteiger partial charge on any atom is 0.261 e. The number of anilines is 1. The molecule has 0 unspecified atom stereocenters. The highest BCUT2D eigenvalue weighted by molar-refractivity contribution is 7.92. The maximum absolute atomic E-state index is 12.4. The molecule has 1 aliphatic rings. The van der Waals surface area contributed by atoms with Gasteiger partial charge in [-0.25, -0.2) is 8.42 Å². The summed E-state index contributed by atoms with van der Waals surface area (Å²) in [7, 11) is -3.79. The number of halogens is 1. The third kappa shape index (κ3) is 5.02. The average molecular weight is 422 g/mol. The zero-order valence-electron chi connectivity index (χ0n) is 15.0. The molecule has 2 amide bonds. The van der Waals surface area contributed by atoms with Gasteiger partial charge in [0, 0.05) is 29.4 Å². The van der Waals surface area contributed by atoms with Crippen molar-refractivity contribution < 1.29 is 18.0 Å². The van der Waals surface area contributed by atoms with E-state index in [1.165, 1.54) is 24.3 Å². The number of sulfonamides is 1. The second-order valence-electron chi connectivity index (χ2n) is 6.41. The molecule has 7 nitrogen and oxygen atoms in total. The van der Waals surface area contributed by atoms with E-state index in [4.69, 9.17) is 11.6 Å². The first-order valence-corrected chi connectivity index (χ1v) is 10.7. The number of rotatable bonds is 6. The molecule has 2 aromatic rings. The number of amides is 2. The van der Waals surface area contributed by atoms with Crippen LogP contribution in [0.3, 0.4) is 0 Å². The summed E-state index contributed by atoms with van der Waals surface area (Å²) in [4.78, 5) is 25.9. The van der Waals surface area contributed by atoms with Crippen molar-refractivity contribution in [2.24, 2.45) is 0 Å². The lowest BCUT2D eigenvalue weighted by Crippen LogP contribution is -2.38. The van der Waals surface area contributed by atoms with Crippen LogP contribution in [0.1, 0.15) is 23.2 Å². The Morgan fingerprint density at radius 1 is 0.964 bits per heavy atom. The monoisotopic (exact) mass is 421 g/mol. The van der Waals surface area contributed by atoms with E-state index in [9.17, 15) is 18.0 Å². The van der Waals surface area contributed by atoms with E-state index < -0.39 is 15.9 Å². The predicted molar refractivity (Wildman–Crippen MR) is 107 cm³/mol. The minimum absolute atomic E-state index is 0.0205. The molecule has 0 radical (unpaired) electrons. The minimum atomic E-state index is -3.79. The van der Waals surface area contributed by atoms with Crippen molar-refractivity contribution in [2.45, 2.75) is 17.7 Å². The zero-order chi connectivity index (χ0) is 20.1. The third-order valence-electron chi connectivity index (χ3n) is 4.38. The quantitative estimate of drug-likeness (QED) is 0.749. The molecule has 0 spiro atoms. The van der Waals surface area contributed by atoms with Crippen molar-refractivity contribution in [1.82, 2.24) is 10.2 Å². The molecule has 3 rings (SSSR count). The molecule has 1 heterocycles.